The van der Waals surface area contributed by atoms with Crippen molar-refractivity contribution in [2.75, 3.05) is 10.6 Å². The lowest BCUT2D eigenvalue weighted by molar-refractivity contribution is 0.262. The second-order valence-corrected chi connectivity index (χ2v) is 5.02. The van der Waals surface area contributed by atoms with Gasteiger partial charge in [-0.25, -0.2) is 9.78 Å². The Balaban J connectivity index is 2.01. The highest BCUT2D eigenvalue weighted by Crippen LogP contribution is 2.17. The molecule has 4 nitrogen and oxygen atoms in total. The molecule has 92 valence electrons. The topological polar surface area (TPSA) is 54.0 Å². The summed E-state index contributed by atoms with van der Waals surface area (Å²) in [5.41, 5.74) is 0.754. The fraction of sp³-hybridized carbons (Fsp3) is 0. The molecule has 1 aromatic heterocycles. The third-order valence-corrected chi connectivity index (χ3v) is 3.26. The lowest BCUT2D eigenvalue weighted by Crippen LogP contribution is -2.20. The molecule has 0 aliphatic rings. The summed E-state index contributed by atoms with van der Waals surface area (Å²) in [6.07, 6.45) is 1.48. The smallest absolute Gasteiger partial charge is 0.307 e. The lowest BCUT2D eigenvalue weighted by atomic mass is 10.3. The van der Waals surface area contributed by atoms with Gasteiger partial charge in [0.05, 0.1) is 10.7 Å². The minimum atomic E-state index is -0.339. The molecule has 0 atom stereocenters. The van der Waals surface area contributed by atoms with Crippen LogP contribution in [-0.4, -0.2) is 11.0 Å². The van der Waals surface area contributed by atoms with Gasteiger partial charge in [0.2, 0.25) is 0 Å². The van der Waals surface area contributed by atoms with Crippen molar-refractivity contribution in [3.63, 3.8) is 0 Å². The first-order valence-electron chi connectivity index (χ1n) is 5.09. The standard InChI is InChI=1S/C12H9ClIN3O/c13-8-5-6-11(15-7-8)17-12(18)16-10-4-2-1-3-9(10)14/h1-7H,(H2,15,16,17,18). The van der Waals surface area contributed by atoms with Gasteiger partial charge in [0, 0.05) is 9.77 Å². The Morgan fingerprint density at radius 1 is 1.17 bits per heavy atom. The SMILES string of the molecule is O=C(Nc1ccc(Cl)cn1)Nc1ccccc1I. The predicted molar refractivity (Wildman–Crippen MR) is 81.0 cm³/mol. The minimum Gasteiger partial charge on any atom is -0.307 e. The Labute approximate surface area is 123 Å². The first-order valence-corrected chi connectivity index (χ1v) is 6.55. The van der Waals surface area contributed by atoms with E-state index >= 15 is 0 Å². The first kappa shape index (κ1) is 13.1. The molecule has 0 saturated carbocycles. The summed E-state index contributed by atoms with van der Waals surface area (Å²) in [7, 11) is 0. The third-order valence-electron chi connectivity index (χ3n) is 2.09. The molecule has 1 heterocycles. The van der Waals surface area contributed by atoms with Crippen molar-refractivity contribution in [1.29, 1.82) is 0 Å². The molecule has 2 amide bonds. The molecule has 1 aromatic carbocycles. The van der Waals surface area contributed by atoms with Crippen LogP contribution >= 0.6 is 34.2 Å². The van der Waals surface area contributed by atoms with Crippen molar-refractivity contribution in [1.82, 2.24) is 4.98 Å². The number of benzene rings is 1. The number of urea groups is 1. The number of hydrogen-bond donors (Lipinski definition) is 2. The van der Waals surface area contributed by atoms with Crippen LogP contribution in [0, 0.1) is 3.57 Å². The number of anilines is 2. The number of halogens is 2. The van der Waals surface area contributed by atoms with Gasteiger partial charge in [-0.05, 0) is 46.9 Å². The summed E-state index contributed by atoms with van der Waals surface area (Å²) in [5, 5.41) is 5.89. The molecular formula is C12H9ClIN3O. The lowest BCUT2D eigenvalue weighted by Gasteiger charge is -2.08. The van der Waals surface area contributed by atoms with Crippen LogP contribution in [0.3, 0.4) is 0 Å². The molecule has 2 N–H and O–H groups in total. The zero-order valence-corrected chi connectivity index (χ0v) is 12.1. The zero-order valence-electron chi connectivity index (χ0n) is 9.15. The molecule has 0 radical (unpaired) electrons. The van der Waals surface area contributed by atoms with Gasteiger partial charge in [-0.2, -0.15) is 0 Å². The molecule has 0 unspecified atom stereocenters. The highest BCUT2D eigenvalue weighted by atomic mass is 127. The second kappa shape index (κ2) is 6.01. The van der Waals surface area contributed by atoms with E-state index in [1.807, 2.05) is 24.3 Å². The number of nitrogens with one attached hydrogen (secondary N) is 2. The Morgan fingerprint density at radius 3 is 2.61 bits per heavy atom. The van der Waals surface area contributed by atoms with Gasteiger partial charge in [-0.15, -0.1) is 0 Å². The molecule has 6 heteroatoms. The quantitative estimate of drug-likeness (QED) is 0.782. The van der Waals surface area contributed by atoms with E-state index in [2.05, 4.69) is 38.2 Å². The summed E-state index contributed by atoms with van der Waals surface area (Å²) in [6.45, 7) is 0. The number of hydrogen-bond acceptors (Lipinski definition) is 2. The Kier molecular flexibility index (Phi) is 4.38. The molecule has 0 bridgehead atoms. The summed E-state index contributed by atoms with van der Waals surface area (Å²) in [6, 6.07) is 10.5. The van der Waals surface area contributed by atoms with E-state index in [1.165, 1.54) is 6.20 Å². The fourth-order valence-corrected chi connectivity index (χ4v) is 1.92. The maximum absolute atomic E-state index is 11.7. The van der Waals surface area contributed by atoms with E-state index in [0.717, 1.165) is 9.26 Å². The molecular weight excluding hydrogens is 365 g/mol. The van der Waals surface area contributed by atoms with Crippen molar-refractivity contribution in [2.45, 2.75) is 0 Å². The highest BCUT2D eigenvalue weighted by Gasteiger charge is 2.05. The summed E-state index contributed by atoms with van der Waals surface area (Å²) in [5.74, 6) is 0.447. The van der Waals surface area contributed by atoms with Gasteiger partial charge in [0.15, 0.2) is 0 Å². The minimum absolute atomic E-state index is 0.339. The second-order valence-electron chi connectivity index (χ2n) is 3.42. The van der Waals surface area contributed by atoms with Gasteiger partial charge >= 0.3 is 6.03 Å². The normalized spacial score (nSPS) is 9.89. The first-order chi connectivity index (χ1) is 8.65. The van der Waals surface area contributed by atoms with E-state index in [1.54, 1.807) is 12.1 Å². The number of para-hydroxylation sites is 1. The van der Waals surface area contributed by atoms with Crippen LogP contribution in [0.25, 0.3) is 0 Å². The molecule has 0 spiro atoms. The Bertz CT molecular complexity index is 560. The van der Waals surface area contributed by atoms with Crippen LogP contribution in [-0.2, 0) is 0 Å². The zero-order chi connectivity index (χ0) is 13.0. The number of carbonyl (C=O) groups excluding carboxylic acids is 1. The number of pyridine rings is 1. The summed E-state index contributed by atoms with van der Waals surface area (Å²) in [4.78, 5) is 15.7. The van der Waals surface area contributed by atoms with Gasteiger partial charge < -0.3 is 5.32 Å². The Morgan fingerprint density at radius 2 is 1.94 bits per heavy atom. The van der Waals surface area contributed by atoms with Crippen molar-refractivity contribution in [3.05, 3.63) is 51.2 Å². The van der Waals surface area contributed by atoms with Crippen LogP contribution in [0.4, 0.5) is 16.3 Å². The largest absolute Gasteiger partial charge is 0.324 e. The highest BCUT2D eigenvalue weighted by molar-refractivity contribution is 14.1. The number of rotatable bonds is 2. The fourth-order valence-electron chi connectivity index (χ4n) is 1.28. The van der Waals surface area contributed by atoms with Crippen molar-refractivity contribution in [3.8, 4) is 0 Å². The van der Waals surface area contributed by atoms with Crippen LogP contribution in [0.5, 0.6) is 0 Å². The monoisotopic (exact) mass is 373 g/mol. The number of carbonyl (C=O) groups is 1. The van der Waals surface area contributed by atoms with Crippen LogP contribution < -0.4 is 10.6 Å². The number of amides is 2. The molecule has 0 saturated heterocycles. The molecule has 0 aliphatic carbocycles. The Hall–Kier alpha value is -1.34. The molecule has 2 rings (SSSR count). The van der Waals surface area contributed by atoms with E-state index in [4.69, 9.17) is 11.6 Å². The van der Waals surface area contributed by atoms with Crippen LogP contribution in [0.1, 0.15) is 0 Å². The molecule has 0 fully saturated rings. The maximum atomic E-state index is 11.7. The summed E-state index contributed by atoms with van der Waals surface area (Å²) < 4.78 is 0.967. The molecule has 0 aliphatic heterocycles. The third kappa shape index (κ3) is 3.58. The number of aromatic nitrogens is 1. The summed E-state index contributed by atoms with van der Waals surface area (Å²) >= 11 is 7.86. The van der Waals surface area contributed by atoms with Gasteiger partial charge in [0.25, 0.3) is 0 Å². The van der Waals surface area contributed by atoms with E-state index in [9.17, 15) is 4.79 Å². The van der Waals surface area contributed by atoms with Crippen molar-refractivity contribution in [2.24, 2.45) is 0 Å². The average Bonchev–Trinajstić information content (AvgIpc) is 2.35. The number of nitrogens with zero attached hydrogens (tertiary/aromatic N) is 1. The van der Waals surface area contributed by atoms with Gasteiger partial charge in [-0.1, -0.05) is 23.7 Å². The predicted octanol–water partition coefficient (Wildman–Crippen LogP) is 3.98. The van der Waals surface area contributed by atoms with Crippen molar-refractivity contribution < 1.29 is 4.79 Å². The van der Waals surface area contributed by atoms with E-state index in [-0.39, 0.29) is 6.03 Å². The van der Waals surface area contributed by atoms with Gasteiger partial charge in [0.1, 0.15) is 5.82 Å². The molecule has 2 aromatic rings. The van der Waals surface area contributed by atoms with Crippen LogP contribution in [0.2, 0.25) is 5.02 Å². The molecule has 18 heavy (non-hydrogen) atoms. The van der Waals surface area contributed by atoms with E-state index in [0.29, 0.717) is 10.8 Å². The average molecular weight is 374 g/mol. The van der Waals surface area contributed by atoms with Crippen LogP contribution in [0.15, 0.2) is 42.6 Å². The van der Waals surface area contributed by atoms with Crippen molar-refractivity contribution >= 4 is 51.7 Å². The van der Waals surface area contributed by atoms with Gasteiger partial charge in [-0.3, -0.25) is 5.32 Å². The van der Waals surface area contributed by atoms with E-state index < -0.39 is 0 Å². The maximum Gasteiger partial charge on any atom is 0.324 e.